The number of amides is 1. The number of carbonyl (C=O) groups excluding carboxylic acids is 2. The molecule has 1 N–H and O–H groups in total. The second-order valence-corrected chi connectivity index (χ2v) is 8.91. The molecule has 2 aliphatic rings. The van der Waals surface area contributed by atoms with Gasteiger partial charge in [0, 0.05) is 18.7 Å². The Hall–Kier alpha value is -3.72. The van der Waals surface area contributed by atoms with E-state index in [0.717, 1.165) is 6.42 Å². The van der Waals surface area contributed by atoms with Crippen LogP contribution in [-0.4, -0.2) is 80.7 Å². The number of rotatable bonds is 9. The molecule has 2 aromatic rings. The Bertz CT molecular complexity index is 1170. The normalized spacial score (nSPS) is 18.6. The van der Waals surface area contributed by atoms with E-state index in [0.29, 0.717) is 67.0 Å². The highest BCUT2D eigenvalue weighted by molar-refractivity contribution is 6.46. The van der Waals surface area contributed by atoms with Gasteiger partial charge in [-0.3, -0.25) is 9.59 Å². The first-order valence-corrected chi connectivity index (χ1v) is 12.0. The fourth-order valence-corrected chi connectivity index (χ4v) is 4.30. The van der Waals surface area contributed by atoms with Gasteiger partial charge in [-0.15, -0.1) is 0 Å². The van der Waals surface area contributed by atoms with E-state index >= 15 is 0 Å². The molecule has 4 rings (SSSR count). The van der Waals surface area contributed by atoms with E-state index in [-0.39, 0.29) is 11.3 Å². The fourth-order valence-electron chi connectivity index (χ4n) is 4.30. The molecule has 2 heterocycles. The van der Waals surface area contributed by atoms with E-state index in [9.17, 15) is 14.7 Å². The maximum absolute atomic E-state index is 13.3. The van der Waals surface area contributed by atoms with Crippen molar-refractivity contribution in [2.24, 2.45) is 0 Å². The number of likely N-dealkylation sites (N-methyl/N-ethyl adjacent to an activating group) is 1. The minimum Gasteiger partial charge on any atom is -0.507 e. The lowest BCUT2D eigenvalue weighted by Crippen LogP contribution is -2.35. The highest BCUT2D eigenvalue weighted by Crippen LogP contribution is 2.43. The van der Waals surface area contributed by atoms with Crippen molar-refractivity contribution in [1.82, 2.24) is 9.80 Å². The van der Waals surface area contributed by atoms with Crippen molar-refractivity contribution in [3.63, 3.8) is 0 Å². The Morgan fingerprint density at radius 2 is 1.83 bits per heavy atom. The average molecular weight is 497 g/mol. The molecule has 36 heavy (non-hydrogen) atoms. The summed E-state index contributed by atoms with van der Waals surface area (Å²) in [6.07, 6.45) is 0.838. The lowest BCUT2D eigenvalue weighted by Gasteiger charge is -2.27. The number of benzene rings is 2. The zero-order valence-electron chi connectivity index (χ0n) is 21.1. The van der Waals surface area contributed by atoms with Gasteiger partial charge in [0.15, 0.2) is 23.0 Å². The highest BCUT2D eigenvalue weighted by Gasteiger charge is 2.46. The van der Waals surface area contributed by atoms with E-state index in [1.807, 2.05) is 25.9 Å². The van der Waals surface area contributed by atoms with E-state index in [4.69, 9.17) is 18.9 Å². The van der Waals surface area contributed by atoms with Crippen LogP contribution in [0.5, 0.6) is 23.0 Å². The molecule has 1 fully saturated rings. The first-order chi connectivity index (χ1) is 17.3. The largest absolute Gasteiger partial charge is 0.507 e. The van der Waals surface area contributed by atoms with Crippen LogP contribution in [-0.2, 0) is 9.59 Å². The number of likely N-dealkylation sites (tertiary alicyclic amines) is 1. The van der Waals surface area contributed by atoms with Crippen molar-refractivity contribution in [1.29, 1.82) is 0 Å². The summed E-state index contributed by atoms with van der Waals surface area (Å²) < 4.78 is 22.5. The number of ketones is 1. The van der Waals surface area contributed by atoms with E-state index in [1.165, 1.54) is 12.0 Å². The van der Waals surface area contributed by atoms with E-state index in [2.05, 4.69) is 0 Å². The molecule has 1 saturated heterocycles. The lowest BCUT2D eigenvalue weighted by atomic mass is 9.94. The molecule has 0 saturated carbocycles. The predicted molar refractivity (Wildman–Crippen MR) is 134 cm³/mol. The van der Waals surface area contributed by atoms with Gasteiger partial charge >= 0.3 is 0 Å². The number of aliphatic hydroxyl groups is 1. The summed E-state index contributed by atoms with van der Waals surface area (Å²) in [4.78, 5) is 29.9. The molecule has 0 aromatic heterocycles. The Balaban J connectivity index is 1.82. The van der Waals surface area contributed by atoms with Gasteiger partial charge in [0.2, 0.25) is 0 Å². The lowest BCUT2D eigenvalue weighted by molar-refractivity contribution is -0.140. The molecule has 2 aromatic carbocycles. The quantitative estimate of drug-likeness (QED) is 0.321. The van der Waals surface area contributed by atoms with Crippen LogP contribution >= 0.6 is 0 Å². The van der Waals surface area contributed by atoms with Gasteiger partial charge in [-0.05, 0) is 56.4 Å². The van der Waals surface area contributed by atoms with Gasteiger partial charge in [0.1, 0.15) is 19.0 Å². The van der Waals surface area contributed by atoms with Crippen LogP contribution in [0.3, 0.4) is 0 Å². The first kappa shape index (κ1) is 25.4. The van der Waals surface area contributed by atoms with Crippen LogP contribution in [0.4, 0.5) is 0 Å². The number of aliphatic hydroxyl groups excluding tert-OH is 1. The van der Waals surface area contributed by atoms with Gasteiger partial charge < -0.3 is 33.9 Å². The minimum atomic E-state index is -0.799. The van der Waals surface area contributed by atoms with Crippen LogP contribution in [0.15, 0.2) is 42.0 Å². The second-order valence-electron chi connectivity index (χ2n) is 8.91. The van der Waals surface area contributed by atoms with E-state index < -0.39 is 17.7 Å². The van der Waals surface area contributed by atoms with Crippen molar-refractivity contribution in [3.05, 3.63) is 53.1 Å². The van der Waals surface area contributed by atoms with E-state index in [1.54, 1.807) is 36.4 Å². The number of ether oxygens (including phenoxy) is 4. The average Bonchev–Trinajstić information content (AvgIpc) is 3.14. The first-order valence-electron chi connectivity index (χ1n) is 12.0. The van der Waals surface area contributed by atoms with Crippen LogP contribution in [0.2, 0.25) is 0 Å². The molecule has 0 aliphatic carbocycles. The molecule has 0 spiro atoms. The molecule has 9 nitrogen and oxygen atoms in total. The maximum atomic E-state index is 13.3. The van der Waals surface area contributed by atoms with Gasteiger partial charge in [0.25, 0.3) is 11.7 Å². The molecular formula is C27H32N2O7. The molecule has 1 atom stereocenters. The zero-order chi connectivity index (χ0) is 25.8. The summed E-state index contributed by atoms with van der Waals surface area (Å²) in [7, 11) is 5.32. The van der Waals surface area contributed by atoms with Crippen molar-refractivity contribution in [2.45, 2.75) is 19.4 Å². The van der Waals surface area contributed by atoms with Crippen LogP contribution in [0, 0.1) is 0 Å². The van der Waals surface area contributed by atoms with Crippen LogP contribution < -0.4 is 18.9 Å². The molecule has 0 bridgehead atoms. The third-order valence-electron chi connectivity index (χ3n) is 6.11. The number of methoxy groups -OCH3 is 1. The summed E-state index contributed by atoms with van der Waals surface area (Å²) >= 11 is 0. The number of Topliss-reactive ketones (excluding diaryl/α,β-unsaturated/α-hetero) is 1. The summed E-state index contributed by atoms with van der Waals surface area (Å²) in [5, 5.41) is 11.4. The Kier molecular flexibility index (Phi) is 7.69. The Morgan fingerprint density at radius 3 is 2.53 bits per heavy atom. The topological polar surface area (TPSA) is 97.8 Å². The van der Waals surface area contributed by atoms with Gasteiger partial charge in [0.05, 0.1) is 25.3 Å². The fraction of sp³-hybridized carbons (Fsp3) is 0.407. The molecular weight excluding hydrogens is 464 g/mol. The Morgan fingerprint density at radius 1 is 1.08 bits per heavy atom. The summed E-state index contributed by atoms with van der Waals surface area (Å²) in [6.45, 7) is 4.21. The molecule has 0 radical (unpaired) electrons. The number of hydrogen-bond acceptors (Lipinski definition) is 8. The second kappa shape index (κ2) is 10.9. The van der Waals surface area contributed by atoms with Crippen molar-refractivity contribution in [2.75, 3.05) is 54.1 Å². The van der Waals surface area contributed by atoms with Crippen LogP contribution in [0.1, 0.15) is 30.5 Å². The SMILES string of the molecule is CCCOc1ccc([C@@H]2C(=C(O)c3ccc4c(c3)OCCO4)C(=O)C(=O)N2CCN(C)C)cc1OC. The maximum Gasteiger partial charge on any atom is 0.295 e. The summed E-state index contributed by atoms with van der Waals surface area (Å²) in [6, 6.07) is 9.47. The van der Waals surface area contributed by atoms with Gasteiger partial charge in [-0.25, -0.2) is 0 Å². The third kappa shape index (κ3) is 4.97. The number of nitrogens with zero attached hydrogens (tertiary/aromatic N) is 2. The Labute approximate surface area is 210 Å². The molecule has 192 valence electrons. The van der Waals surface area contributed by atoms with Crippen molar-refractivity contribution < 1.29 is 33.6 Å². The summed E-state index contributed by atoms with van der Waals surface area (Å²) in [5.74, 6) is 0.422. The molecule has 2 aliphatic heterocycles. The van der Waals surface area contributed by atoms with Crippen molar-refractivity contribution in [3.8, 4) is 23.0 Å². The minimum absolute atomic E-state index is 0.0136. The molecule has 9 heteroatoms. The predicted octanol–water partition coefficient (Wildman–Crippen LogP) is 3.24. The number of hydrogen-bond donors (Lipinski definition) is 1. The molecule has 1 amide bonds. The van der Waals surface area contributed by atoms with Gasteiger partial charge in [-0.2, -0.15) is 0 Å². The third-order valence-corrected chi connectivity index (χ3v) is 6.11. The summed E-state index contributed by atoms with van der Waals surface area (Å²) in [5.41, 5.74) is 1.01. The highest BCUT2D eigenvalue weighted by atomic mass is 16.6. The smallest absolute Gasteiger partial charge is 0.295 e. The molecule has 0 unspecified atom stereocenters. The zero-order valence-corrected chi connectivity index (χ0v) is 21.1. The van der Waals surface area contributed by atoms with Crippen LogP contribution in [0.25, 0.3) is 5.76 Å². The standard InChI is InChI=1S/C27H32N2O7/c1-5-12-34-19-8-6-17(15-21(19)33-4)24-23(26(31)27(32)29(24)11-10-28(2)3)25(30)18-7-9-20-22(16-18)36-14-13-35-20/h6-9,15-16,24,30H,5,10-14H2,1-4H3/t24-/m1/s1. The van der Waals surface area contributed by atoms with Crippen molar-refractivity contribution >= 4 is 17.4 Å². The number of carbonyl (C=O) groups is 2. The number of fused-ring (bicyclic) bond motifs is 1. The monoisotopic (exact) mass is 496 g/mol. The van der Waals surface area contributed by atoms with Gasteiger partial charge in [-0.1, -0.05) is 13.0 Å².